The molecule has 0 aromatic heterocycles. The van der Waals surface area contributed by atoms with E-state index in [4.69, 9.17) is 4.74 Å². The van der Waals surface area contributed by atoms with Crippen LogP contribution in [0.4, 0.5) is 4.79 Å². The lowest BCUT2D eigenvalue weighted by atomic mass is 10.1. The second-order valence-corrected chi connectivity index (χ2v) is 7.84. The molecule has 0 aromatic rings. The zero-order chi connectivity index (χ0) is 18.1. The number of amides is 2. The van der Waals surface area contributed by atoms with E-state index in [1.807, 2.05) is 13.8 Å². The Hall–Kier alpha value is -1.30. The summed E-state index contributed by atoms with van der Waals surface area (Å²) in [6.07, 6.45) is 7.92. The maximum absolute atomic E-state index is 12.3. The summed E-state index contributed by atoms with van der Waals surface area (Å²) in [6, 6.07) is 0.351. The molecule has 0 radical (unpaired) electrons. The van der Waals surface area contributed by atoms with Gasteiger partial charge in [-0.05, 0) is 25.2 Å². The van der Waals surface area contributed by atoms with Gasteiger partial charge >= 0.3 is 6.09 Å². The summed E-state index contributed by atoms with van der Waals surface area (Å²) in [5.74, 6) is 0.475. The Labute approximate surface area is 152 Å². The Balaban J connectivity index is 1.70. The van der Waals surface area contributed by atoms with Crippen LogP contribution in [-0.4, -0.2) is 67.2 Å². The number of carbonyl (C=O) groups is 2. The van der Waals surface area contributed by atoms with Crippen LogP contribution in [0.2, 0.25) is 0 Å². The summed E-state index contributed by atoms with van der Waals surface area (Å²) in [5, 5.41) is 3.21. The molecule has 1 heterocycles. The Morgan fingerprint density at radius 3 is 2.40 bits per heavy atom. The van der Waals surface area contributed by atoms with E-state index in [2.05, 4.69) is 10.2 Å². The average Bonchev–Trinajstić information content (AvgIpc) is 2.95. The molecule has 1 N–H and O–H groups in total. The van der Waals surface area contributed by atoms with Crippen molar-refractivity contribution >= 4 is 12.0 Å². The maximum atomic E-state index is 12.3. The number of nitrogens with one attached hydrogen (secondary N) is 1. The van der Waals surface area contributed by atoms with Crippen molar-refractivity contribution in [2.45, 2.75) is 64.8 Å². The minimum Gasteiger partial charge on any atom is -0.449 e. The molecule has 2 rings (SSSR count). The summed E-state index contributed by atoms with van der Waals surface area (Å²) in [4.78, 5) is 28.3. The number of hydrogen-bond donors (Lipinski definition) is 1. The van der Waals surface area contributed by atoms with E-state index >= 15 is 0 Å². The zero-order valence-electron chi connectivity index (χ0n) is 16.0. The molecule has 0 spiro atoms. The van der Waals surface area contributed by atoms with E-state index in [-0.39, 0.29) is 12.0 Å². The second-order valence-electron chi connectivity index (χ2n) is 7.84. The molecule has 6 nitrogen and oxygen atoms in total. The Kier molecular flexibility index (Phi) is 8.52. The standard InChI is InChI=1S/C19H35N3O3/c1-16(2)15-25-19(24)22-11-7-10-21(12-13-22)14-18(23)20-17-8-5-3-4-6-9-17/h16-17H,3-15H2,1-2H3,(H,20,23). The highest BCUT2D eigenvalue weighted by Crippen LogP contribution is 2.17. The van der Waals surface area contributed by atoms with Crippen LogP contribution in [0.1, 0.15) is 58.8 Å². The predicted octanol–water partition coefficient (Wildman–Crippen LogP) is 2.63. The molecule has 2 fully saturated rings. The highest BCUT2D eigenvalue weighted by atomic mass is 16.6. The van der Waals surface area contributed by atoms with Crippen molar-refractivity contribution in [3.8, 4) is 0 Å². The molecule has 0 atom stereocenters. The van der Waals surface area contributed by atoms with Crippen LogP contribution < -0.4 is 5.32 Å². The van der Waals surface area contributed by atoms with Crippen LogP contribution in [0.5, 0.6) is 0 Å². The van der Waals surface area contributed by atoms with Gasteiger partial charge < -0.3 is 15.0 Å². The van der Waals surface area contributed by atoms with Crippen molar-refractivity contribution in [3.05, 3.63) is 0 Å². The fourth-order valence-electron chi connectivity index (χ4n) is 3.54. The first kappa shape index (κ1) is 20.0. The highest BCUT2D eigenvalue weighted by molar-refractivity contribution is 5.78. The topological polar surface area (TPSA) is 61.9 Å². The van der Waals surface area contributed by atoms with Gasteiger partial charge in [-0.1, -0.05) is 39.5 Å². The van der Waals surface area contributed by atoms with Crippen LogP contribution >= 0.6 is 0 Å². The molecule has 1 saturated carbocycles. The molecule has 1 aliphatic carbocycles. The van der Waals surface area contributed by atoms with E-state index in [0.717, 1.165) is 32.4 Å². The second kappa shape index (κ2) is 10.6. The fourth-order valence-corrected chi connectivity index (χ4v) is 3.54. The Bertz CT molecular complexity index is 420. The molecule has 2 aliphatic rings. The van der Waals surface area contributed by atoms with Gasteiger partial charge in [0.25, 0.3) is 0 Å². The van der Waals surface area contributed by atoms with Gasteiger partial charge in [0.1, 0.15) is 0 Å². The first-order chi connectivity index (χ1) is 12.0. The number of nitrogens with zero attached hydrogens (tertiary/aromatic N) is 2. The van der Waals surface area contributed by atoms with Crippen LogP contribution in [0.25, 0.3) is 0 Å². The van der Waals surface area contributed by atoms with Gasteiger partial charge in [0.15, 0.2) is 0 Å². The van der Waals surface area contributed by atoms with Gasteiger partial charge in [0, 0.05) is 32.2 Å². The van der Waals surface area contributed by atoms with E-state index in [1.165, 1.54) is 25.7 Å². The first-order valence-electron chi connectivity index (χ1n) is 9.98. The van der Waals surface area contributed by atoms with E-state index < -0.39 is 0 Å². The van der Waals surface area contributed by atoms with Crippen LogP contribution in [-0.2, 0) is 9.53 Å². The molecular formula is C19H35N3O3. The minimum atomic E-state index is -0.224. The van der Waals surface area contributed by atoms with Crippen molar-refractivity contribution in [2.75, 3.05) is 39.3 Å². The fraction of sp³-hybridized carbons (Fsp3) is 0.895. The Morgan fingerprint density at radius 1 is 1.00 bits per heavy atom. The maximum Gasteiger partial charge on any atom is 0.409 e. The van der Waals surface area contributed by atoms with Gasteiger partial charge in [-0.3, -0.25) is 9.69 Å². The smallest absolute Gasteiger partial charge is 0.409 e. The summed E-state index contributed by atoms with van der Waals surface area (Å²) in [6.45, 7) is 7.88. The number of carbonyl (C=O) groups excluding carboxylic acids is 2. The van der Waals surface area contributed by atoms with Crippen molar-refractivity contribution in [1.82, 2.24) is 15.1 Å². The SMILES string of the molecule is CC(C)COC(=O)N1CCCN(CC(=O)NC2CCCCCC2)CC1. The third kappa shape index (κ3) is 7.63. The lowest BCUT2D eigenvalue weighted by molar-refractivity contribution is -0.123. The summed E-state index contributed by atoms with van der Waals surface area (Å²) in [7, 11) is 0. The van der Waals surface area contributed by atoms with Crippen molar-refractivity contribution in [2.24, 2.45) is 5.92 Å². The zero-order valence-corrected chi connectivity index (χ0v) is 16.0. The van der Waals surface area contributed by atoms with Crippen LogP contribution in [0.15, 0.2) is 0 Å². The van der Waals surface area contributed by atoms with Crippen LogP contribution in [0, 0.1) is 5.92 Å². The van der Waals surface area contributed by atoms with Crippen molar-refractivity contribution in [1.29, 1.82) is 0 Å². The van der Waals surface area contributed by atoms with E-state index in [9.17, 15) is 9.59 Å². The molecule has 0 aromatic carbocycles. The molecule has 25 heavy (non-hydrogen) atoms. The molecule has 6 heteroatoms. The predicted molar refractivity (Wildman–Crippen MR) is 98.4 cm³/mol. The lowest BCUT2D eigenvalue weighted by Gasteiger charge is -2.23. The van der Waals surface area contributed by atoms with Crippen LogP contribution in [0.3, 0.4) is 0 Å². The minimum absolute atomic E-state index is 0.128. The van der Waals surface area contributed by atoms with Gasteiger partial charge in [-0.25, -0.2) is 4.79 Å². The van der Waals surface area contributed by atoms with E-state index in [0.29, 0.717) is 38.2 Å². The quantitative estimate of drug-likeness (QED) is 0.772. The summed E-state index contributed by atoms with van der Waals surface area (Å²) in [5.41, 5.74) is 0. The Morgan fingerprint density at radius 2 is 1.72 bits per heavy atom. The van der Waals surface area contributed by atoms with Gasteiger partial charge in [0.05, 0.1) is 13.2 Å². The lowest BCUT2D eigenvalue weighted by Crippen LogP contribution is -2.43. The number of hydrogen-bond acceptors (Lipinski definition) is 4. The normalized spacial score (nSPS) is 20.8. The summed E-state index contributed by atoms with van der Waals surface area (Å²) >= 11 is 0. The third-order valence-electron chi connectivity index (χ3n) is 4.97. The summed E-state index contributed by atoms with van der Waals surface area (Å²) < 4.78 is 5.32. The molecule has 2 amide bonds. The van der Waals surface area contributed by atoms with Gasteiger partial charge in [-0.2, -0.15) is 0 Å². The largest absolute Gasteiger partial charge is 0.449 e. The van der Waals surface area contributed by atoms with Gasteiger partial charge in [-0.15, -0.1) is 0 Å². The highest BCUT2D eigenvalue weighted by Gasteiger charge is 2.22. The molecule has 144 valence electrons. The average molecular weight is 354 g/mol. The first-order valence-corrected chi connectivity index (χ1v) is 9.98. The van der Waals surface area contributed by atoms with E-state index in [1.54, 1.807) is 4.90 Å². The molecule has 1 saturated heterocycles. The molecular weight excluding hydrogens is 318 g/mol. The number of rotatable bonds is 5. The molecule has 1 aliphatic heterocycles. The van der Waals surface area contributed by atoms with Crippen molar-refractivity contribution < 1.29 is 14.3 Å². The monoisotopic (exact) mass is 353 g/mol. The molecule has 0 unspecified atom stereocenters. The van der Waals surface area contributed by atoms with Crippen molar-refractivity contribution in [3.63, 3.8) is 0 Å². The van der Waals surface area contributed by atoms with Gasteiger partial charge in [0.2, 0.25) is 5.91 Å². The number of ether oxygens (including phenoxy) is 1. The molecule has 0 bridgehead atoms. The third-order valence-corrected chi connectivity index (χ3v) is 4.97.